The number of imide groups is 1. The van der Waals surface area contributed by atoms with E-state index in [1.54, 1.807) is 16.8 Å². The summed E-state index contributed by atoms with van der Waals surface area (Å²) in [6.45, 7) is 2.83. The van der Waals surface area contributed by atoms with Crippen LogP contribution < -0.4 is 10.6 Å². The molecule has 0 saturated carbocycles. The number of amides is 4. The highest BCUT2D eigenvalue weighted by molar-refractivity contribution is 6.05. The zero-order chi connectivity index (χ0) is 22.2. The van der Waals surface area contributed by atoms with E-state index < -0.39 is 11.9 Å². The molecule has 166 valence electrons. The second-order valence-electron chi connectivity index (χ2n) is 8.23. The molecule has 2 N–H and O–H groups in total. The number of carbonyl (C=O) groups is 4. The van der Waals surface area contributed by atoms with Crippen molar-refractivity contribution >= 4 is 23.6 Å². The Labute approximate surface area is 183 Å². The molecule has 0 radical (unpaired) electrons. The quantitative estimate of drug-likeness (QED) is 0.574. The maximum Gasteiger partial charge on any atom is 0.255 e. The van der Waals surface area contributed by atoms with Crippen molar-refractivity contribution in [2.45, 2.75) is 31.8 Å². The van der Waals surface area contributed by atoms with Crippen molar-refractivity contribution in [3.8, 4) is 5.69 Å². The van der Waals surface area contributed by atoms with Crippen LogP contribution in [-0.4, -0.2) is 80.6 Å². The van der Waals surface area contributed by atoms with Crippen LogP contribution in [0.5, 0.6) is 0 Å². The van der Waals surface area contributed by atoms with Gasteiger partial charge < -0.3 is 10.2 Å². The van der Waals surface area contributed by atoms with E-state index in [-0.39, 0.29) is 30.7 Å². The van der Waals surface area contributed by atoms with Crippen LogP contribution in [0.1, 0.15) is 34.5 Å². The Kier molecular flexibility index (Phi) is 5.17. The van der Waals surface area contributed by atoms with Crippen molar-refractivity contribution < 1.29 is 19.2 Å². The normalized spacial score (nSPS) is 21.5. The molecule has 11 heteroatoms. The molecule has 1 aromatic heterocycles. The Hall–Kier alpha value is -3.60. The summed E-state index contributed by atoms with van der Waals surface area (Å²) < 4.78 is 1.65. The molecule has 4 heterocycles. The number of piperidine rings is 1. The van der Waals surface area contributed by atoms with Gasteiger partial charge in [0.05, 0.1) is 24.1 Å². The Balaban J connectivity index is 1.32. The van der Waals surface area contributed by atoms with Crippen molar-refractivity contribution in [1.82, 2.24) is 35.4 Å². The van der Waals surface area contributed by atoms with Gasteiger partial charge in [-0.15, -0.1) is 5.10 Å². The SMILES string of the molecule is O=C1CN(CCc2cn(-c3cccc4c3CN(C3CCC(=O)NC3=O)C4=O)nn2)CCN1. The van der Waals surface area contributed by atoms with E-state index >= 15 is 0 Å². The van der Waals surface area contributed by atoms with Gasteiger partial charge in [0.1, 0.15) is 6.04 Å². The smallest absolute Gasteiger partial charge is 0.255 e. The second kappa shape index (κ2) is 8.15. The van der Waals surface area contributed by atoms with Crippen LogP contribution in [-0.2, 0) is 27.3 Å². The largest absolute Gasteiger partial charge is 0.354 e. The van der Waals surface area contributed by atoms with Crippen LogP contribution in [0.25, 0.3) is 5.69 Å². The molecule has 0 bridgehead atoms. The molecule has 1 unspecified atom stereocenters. The molecule has 3 aliphatic heterocycles. The maximum absolute atomic E-state index is 13.0. The third kappa shape index (κ3) is 3.75. The number of hydrogen-bond donors (Lipinski definition) is 2. The minimum atomic E-state index is -0.659. The zero-order valence-electron chi connectivity index (χ0n) is 17.4. The van der Waals surface area contributed by atoms with E-state index in [1.165, 1.54) is 4.90 Å². The lowest BCUT2D eigenvalue weighted by atomic mass is 10.0. The summed E-state index contributed by atoms with van der Waals surface area (Å²) in [5.74, 6) is -0.931. The molecular formula is C21H23N7O4. The van der Waals surface area contributed by atoms with Crippen molar-refractivity contribution in [3.05, 3.63) is 41.2 Å². The first-order chi connectivity index (χ1) is 15.5. The Bertz CT molecular complexity index is 1110. The summed E-state index contributed by atoms with van der Waals surface area (Å²) in [5.41, 5.74) is 2.84. The van der Waals surface area contributed by atoms with Crippen LogP contribution in [0.2, 0.25) is 0 Å². The van der Waals surface area contributed by atoms with Gasteiger partial charge in [-0.2, -0.15) is 0 Å². The number of piperazine rings is 1. The van der Waals surface area contributed by atoms with E-state index in [0.717, 1.165) is 23.5 Å². The summed E-state index contributed by atoms with van der Waals surface area (Å²) in [7, 11) is 0. The number of nitrogens with one attached hydrogen (secondary N) is 2. The highest BCUT2D eigenvalue weighted by atomic mass is 16.2. The predicted octanol–water partition coefficient (Wildman–Crippen LogP) is -0.997. The molecule has 0 aliphatic carbocycles. The molecule has 2 fully saturated rings. The molecular weight excluding hydrogens is 414 g/mol. The number of aromatic nitrogens is 3. The predicted molar refractivity (Wildman–Crippen MR) is 111 cm³/mol. The van der Waals surface area contributed by atoms with Crippen LogP contribution in [0.3, 0.4) is 0 Å². The van der Waals surface area contributed by atoms with Crippen LogP contribution in [0, 0.1) is 0 Å². The molecule has 2 aromatic rings. The average molecular weight is 437 g/mol. The van der Waals surface area contributed by atoms with E-state index in [2.05, 4.69) is 25.8 Å². The number of hydrogen-bond acceptors (Lipinski definition) is 7. The summed E-state index contributed by atoms with van der Waals surface area (Å²) >= 11 is 0. The molecule has 1 atom stereocenters. The summed E-state index contributed by atoms with van der Waals surface area (Å²) in [5, 5.41) is 13.6. The highest BCUT2D eigenvalue weighted by Crippen LogP contribution is 2.31. The van der Waals surface area contributed by atoms with Crippen molar-refractivity contribution in [2.24, 2.45) is 0 Å². The molecule has 2 saturated heterocycles. The Morgan fingerprint density at radius 2 is 1.97 bits per heavy atom. The van der Waals surface area contributed by atoms with E-state index in [1.807, 2.05) is 12.3 Å². The first-order valence-electron chi connectivity index (χ1n) is 10.7. The van der Waals surface area contributed by atoms with Crippen molar-refractivity contribution in [2.75, 3.05) is 26.2 Å². The number of benzene rings is 1. The number of carbonyl (C=O) groups excluding carboxylic acids is 4. The number of rotatable bonds is 5. The van der Waals surface area contributed by atoms with Gasteiger partial charge in [-0.3, -0.25) is 29.4 Å². The first kappa shape index (κ1) is 20.3. The molecule has 1 aromatic carbocycles. The Morgan fingerprint density at radius 3 is 2.78 bits per heavy atom. The standard InChI is InChI=1S/C21H23N7O4/c29-18-5-4-17(20(31)23-18)27-11-15-14(21(27)32)2-1-3-16(15)28-10-13(24-25-28)6-8-26-9-7-22-19(30)12-26/h1-3,10,17H,4-9,11-12H2,(H,22,30)(H,23,29,31). The molecule has 3 aliphatic rings. The summed E-state index contributed by atoms with van der Waals surface area (Å²) in [4.78, 5) is 51.9. The highest BCUT2D eigenvalue weighted by Gasteiger charge is 2.40. The van der Waals surface area contributed by atoms with Gasteiger partial charge in [0.2, 0.25) is 17.7 Å². The van der Waals surface area contributed by atoms with Gasteiger partial charge in [-0.1, -0.05) is 11.3 Å². The fraction of sp³-hybridized carbons (Fsp3) is 0.429. The monoisotopic (exact) mass is 437 g/mol. The van der Waals surface area contributed by atoms with Crippen molar-refractivity contribution in [1.29, 1.82) is 0 Å². The lowest BCUT2D eigenvalue weighted by Crippen LogP contribution is -2.52. The zero-order valence-corrected chi connectivity index (χ0v) is 17.4. The van der Waals surface area contributed by atoms with Gasteiger partial charge in [0, 0.05) is 50.1 Å². The van der Waals surface area contributed by atoms with E-state index in [9.17, 15) is 19.2 Å². The van der Waals surface area contributed by atoms with Gasteiger partial charge in [-0.05, 0) is 18.6 Å². The lowest BCUT2D eigenvalue weighted by molar-refractivity contribution is -0.137. The number of nitrogens with zero attached hydrogens (tertiary/aromatic N) is 5. The van der Waals surface area contributed by atoms with Crippen LogP contribution in [0.15, 0.2) is 24.4 Å². The van der Waals surface area contributed by atoms with E-state index in [4.69, 9.17) is 0 Å². The second-order valence-corrected chi connectivity index (χ2v) is 8.23. The summed E-state index contributed by atoms with van der Waals surface area (Å²) in [6.07, 6.45) is 3.03. The molecule has 11 nitrogen and oxygen atoms in total. The molecule has 4 amide bonds. The minimum Gasteiger partial charge on any atom is -0.354 e. The van der Waals surface area contributed by atoms with E-state index in [0.29, 0.717) is 38.0 Å². The third-order valence-corrected chi connectivity index (χ3v) is 6.15. The van der Waals surface area contributed by atoms with Gasteiger partial charge in [0.15, 0.2) is 0 Å². The Morgan fingerprint density at radius 1 is 1.09 bits per heavy atom. The van der Waals surface area contributed by atoms with Gasteiger partial charge in [0.25, 0.3) is 5.91 Å². The average Bonchev–Trinajstić information content (AvgIpc) is 3.37. The fourth-order valence-corrected chi connectivity index (χ4v) is 4.47. The topological polar surface area (TPSA) is 130 Å². The molecule has 0 spiro atoms. The fourth-order valence-electron chi connectivity index (χ4n) is 4.47. The minimum absolute atomic E-state index is 0.0324. The van der Waals surface area contributed by atoms with Gasteiger partial charge in [-0.25, -0.2) is 4.68 Å². The van der Waals surface area contributed by atoms with Gasteiger partial charge >= 0.3 is 0 Å². The first-order valence-corrected chi connectivity index (χ1v) is 10.7. The van der Waals surface area contributed by atoms with Crippen molar-refractivity contribution in [3.63, 3.8) is 0 Å². The van der Waals surface area contributed by atoms with Crippen LogP contribution in [0.4, 0.5) is 0 Å². The molecule has 5 rings (SSSR count). The number of fused-ring (bicyclic) bond motifs is 1. The van der Waals surface area contributed by atoms with Crippen LogP contribution >= 0.6 is 0 Å². The maximum atomic E-state index is 13.0. The summed E-state index contributed by atoms with van der Waals surface area (Å²) in [6, 6.07) is 4.74. The molecule has 32 heavy (non-hydrogen) atoms. The third-order valence-electron chi connectivity index (χ3n) is 6.15. The lowest BCUT2D eigenvalue weighted by Gasteiger charge is -2.29.